The van der Waals surface area contributed by atoms with Crippen molar-refractivity contribution in [1.29, 1.82) is 0 Å². The van der Waals surface area contributed by atoms with E-state index in [2.05, 4.69) is 0 Å². The fourth-order valence-corrected chi connectivity index (χ4v) is 0.849. The van der Waals surface area contributed by atoms with Crippen molar-refractivity contribution in [1.82, 2.24) is 0 Å². The molecule has 0 unspecified atom stereocenters. The van der Waals surface area contributed by atoms with E-state index in [4.69, 9.17) is 19.7 Å². The Morgan fingerprint density at radius 2 is 1.93 bits per heavy atom. The highest BCUT2D eigenvalue weighted by atomic mass is 16.5. The van der Waals surface area contributed by atoms with Crippen molar-refractivity contribution in [2.24, 2.45) is 5.41 Å². The zero-order valence-corrected chi connectivity index (χ0v) is 9.36. The third-order valence-corrected chi connectivity index (χ3v) is 1.97. The highest BCUT2D eigenvalue weighted by molar-refractivity contribution is 5.69. The van der Waals surface area contributed by atoms with E-state index in [-0.39, 0.29) is 38.8 Å². The summed E-state index contributed by atoms with van der Waals surface area (Å²) in [6.45, 7) is 3.98. The molecule has 0 rings (SSSR count). The molecule has 0 saturated carbocycles. The van der Waals surface area contributed by atoms with Crippen LogP contribution in [0.4, 0.5) is 0 Å². The summed E-state index contributed by atoms with van der Waals surface area (Å²) in [5.41, 5.74) is -0.644. The number of aliphatic hydroxyl groups is 2. The van der Waals surface area contributed by atoms with Crippen molar-refractivity contribution in [2.45, 2.75) is 20.3 Å². The topological polar surface area (TPSA) is 76.0 Å². The molecule has 0 radical (unpaired) electrons. The fourth-order valence-electron chi connectivity index (χ4n) is 0.849. The van der Waals surface area contributed by atoms with Gasteiger partial charge in [-0.05, 0) is 6.92 Å². The molecule has 0 aromatic carbocycles. The van der Waals surface area contributed by atoms with Gasteiger partial charge < -0.3 is 19.7 Å². The van der Waals surface area contributed by atoms with E-state index in [1.807, 2.05) is 0 Å². The molecule has 0 heterocycles. The summed E-state index contributed by atoms with van der Waals surface area (Å²) in [7, 11) is 0. The van der Waals surface area contributed by atoms with Crippen LogP contribution in [0, 0.1) is 5.41 Å². The number of hydrogen-bond donors (Lipinski definition) is 2. The van der Waals surface area contributed by atoms with Crippen LogP contribution in [-0.2, 0) is 14.3 Å². The maximum atomic E-state index is 10.9. The minimum atomic E-state index is -0.644. The highest BCUT2D eigenvalue weighted by Crippen LogP contribution is 2.14. The fraction of sp³-hybridized carbons (Fsp3) is 0.900. The Bertz CT molecular complexity index is 177. The van der Waals surface area contributed by atoms with Crippen molar-refractivity contribution in [3.8, 4) is 0 Å². The lowest BCUT2D eigenvalue weighted by molar-refractivity contribution is -0.144. The summed E-state index contributed by atoms with van der Waals surface area (Å²) in [5, 5.41) is 17.9. The van der Waals surface area contributed by atoms with Gasteiger partial charge in [0.05, 0.1) is 39.5 Å². The minimum Gasteiger partial charge on any atom is -0.466 e. The molecule has 0 amide bonds. The van der Waals surface area contributed by atoms with Gasteiger partial charge in [0.15, 0.2) is 0 Å². The van der Waals surface area contributed by atoms with Crippen LogP contribution in [-0.4, -0.2) is 49.2 Å². The van der Waals surface area contributed by atoms with Crippen molar-refractivity contribution in [3.05, 3.63) is 0 Å². The molecule has 0 aliphatic heterocycles. The molecule has 0 spiro atoms. The second-order valence-electron chi connectivity index (χ2n) is 3.73. The van der Waals surface area contributed by atoms with Gasteiger partial charge in [-0.3, -0.25) is 4.79 Å². The van der Waals surface area contributed by atoms with E-state index in [1.165, 1.54) is 0 Å². The molecule has 0 aromatic heterocycles. The van der Waals surface area contributed by atoms with Crippen molar-refractivity contribution in [2.75, 3.05) is 33.0 Å². The number of carbonyl (C=O) groups excluding carboxylic acids is 1. The molecule has 0 aromatic rings. The molecule has 0 aliphatic rings. The normalized spacial score (nSPS) is 11.5. The molecule has 2 N–H and O–H groups in total. The summed E-state index contributed by atoms with van der Waals surface area (Å²) < 4.78 is 9.89. The first kappa shape index (κ1) is 14.3. The number of aliphatic hydroxyl groups excluding tert-OH is 2. The first-order valence-electron chi connectivity index (χ1n) is 5.03. The summed E-state index contributed by atoms with van der Waals surface area (Å²) in [6, 6.07) is 0. The van der Waals surface area contributed by atoms with Gasteiger partial charge in [-0.25, -0.2) is 0 Å². The Morgan fingerprint density at radius 3 is 2.40 bits per heavy atom. The Labute approximate surface area is 90.0 Å². The van der Waals surface area contributed by atoms with Crippen LogP contribution >= 0.6 is 0 Å². The highest BCUT2D eigenvalue weighted by Gasteiger charge is 2.22. The maximum Gasteiger partial charge on any atom is 0.308 e. The molecule has 5 nitrogen and oxygen atoms in total. The number of rotatable bonds is 8. The van der Waals surface area contributed by atoms with Crippen LogP contribution in [0.25, 0.3) is 0 Å². The molecular weight excluding hydrogens is 200 g/mol. The third-order valence-electron chi connectivity index (χ3n) is 1.97. The van der Waals surface area contributed by atoms with Crippen LogP contribution in [0.1, 0.15) is 20.3 Å². The SMILES string of the molecule is CCOC(=O)CCOCC(C)(CO)CO. The monoisotopic (exact) mass is 220 g/mol. The Balaban J connectivity index is 3.57. The molecule has 0 aliphatic carbocycles. The van der Waals surface area contributed by atoms with Gasteiger partial charge in [-0.2, -0.15) is 0 Å². The largest absolute Gasteiger partial charge is 0.466 e. The Kier molecular flexibility index (Phi) is 7.29. The van der Waals surface area contributed by atoms with Crippen LogP contribution < -0.4 is 0 Å². The predicted molar refractivity (Wildman–Crippen MR) is 54.3 cm³/mol. The van der Waals surface area contributed by atoms with E-state index in [0.717, 1.165) is 0 Å². The molecular formula is C10H20O5. The van der Waals surface area contributed by atoms with Gasteiger partial charge in [0, 0.05) is 5.41 Å². The van der Waals surface area contributed by atoms with Gasteiger partial charge in [-0.15, -0.1) is 0 Å². The van der Waals surface area contributed by atoms with E-state index < -0.39 is 5.41 Å². The van der Waals surface area contributed by atoms with E-state index >= 15 is 0 Å². The van der Waals surface area contributed by atoms with Crippen LogP contribution in [0.3, 0.4) is 0 Å². The molecule has 0 fully saturated rings. The van der Waals surface area contributed by atoms with Gasteiger partial charge in [0.1, 0.15) is 0 Å². The number of esters is 1. The molecule has 90 valence electrons. The smallest absolute Gasteiger partial charge is 0.308 e. The average Bonchev–Trinajstić information content (AvgIpc) is 2.24. The van der Waals surface area contributed by atoms with E-state index in [9.17, 15) is 4.79 Å². The lowest BCUT2D eigenvalue weighted by Crippen LogP contribution is -2.32. The molecule has 0 saturated heterocycles. The second-order valence-corrected chi connectivity index (χ2v) is 3.73. The van der Waals surface area contributed by atoms with Crippen molar-refractivity contribution < 1.29 is 24.5 Å². The Hall–Kier alpha value is -0.650. The lowest BCUT2D eigenvalue weighted by Gasteiger charge is -2.23. The molecule has 15 heavy (non-hydrogen) atoms. The summed E-state index contributed by atoms with van der Waals surface area (Å²) in [6.07, 6.45) is 0.195. The number of carbonyl (C=O) groups is 1. The lowest BCUT2D eigenvalue weighted by atomic mass is 9.95. The zero-order chi connectivity index (χ0) is 11.7. The molecule has 0 bridgehead atoms. The first-order chi connectivity index (χ1) is 7.08. The standard InChI is InChI=1S/C10H20O5/c1-3-15-9(13)4-5-14-8-10(2,6-11)7-12/h11-12H,3-8H2,1-2H3. The average molecular weight is 220 g/mol. The summed E-state index contributed by atoms with van der Waals surface area (Å²) >= 11 is 0. The van der Waals surface area contributed by atoms with Gasteiger partial charge in [-0.1, -0.05) is 6.92 Å². The molecule has 0 atom stereocenters. The minimum absolute atomic E-state index is 0.150. The first-order valence-corrected chi connectivity index (χ1v) is 5.03. The number of hydrogen-bond acceptors (Lipinski definition) is 5. The van der Waals surface area contributed by atoms with Gasteiger partial charge in [0.25, 0.3) is 0 Å². The van der Waals surface area contributed by atoms with E-state index in [0.29, 0.717) is 6.61 Å². The summed E-state index contributed by atoms with van der Waals surface area (Å²) in [4.78, 5) is 10.9. The Morgan fingerprint density at radius 1 is 1.33 bits per heavy atom. The van der Waals surface area contributed by atoms with Gasteiger partial charge in [0.2, 0.25) is 0 Å². The quantitative estimate of drug-likeness (QED) is 0.443. The third kappa shape index (κ3) is 6.43. The zero-order valence-electron chi connectivity index (χ0n) is 9.36. The van der Waals surface area contributed by atoms with Crippen LogP contribution in [0.5, 0.6) is 0 Å². The second kappa shape index (κ2) is 7.62. The van der Waals surface area contributed by atoms with Gasteiger partial charge >= 0.3 is 5.97 Å². The van der Waals surface area contributed by atoms with Crippen molar-refractivity contribution >= 4 is 5.97 Å². The van der Waals surface area contributed by atoms with Crippen molar-refractivity contribution in [3.63, 3.8) is 0 Å². The van der Waals surface area contributed by atoms with Crippen LogP contribution in [0.15, 0.2) is 0 Å². The predicted octanol–water partition coefficient (Wildman–Crippen LogP) is -0.0529. The molecule has 5 heteroatoms. The number of ether oxygens (including phenoxy) is 2. The van der Waals surface area contributed by atoms with E-state index in [1.54, 1.807) is 13.8 Å². The maximum absolute atomic E-state index is 10.9. The van der Waals surface area contributed by atoms with Crippen LogP contribution in [0.2, 0.25) is 0 Å². The summed E-state index contributed by atoms with van der Waals surface area (Å²) in [5.74, 6) is -0.299.